The van der Waals surface area contributed by atoms with E-state index in [2.05, 4.69) is 15.5 Å². The maximum absolute atomic E-state index is 14.3. The Morgan fingerprint density at radius 1 is 1.05 bits per heavy atom. The molecule has 41 heavy (non-hydrogen) atoms. The highest BCUT2D eigenvalue weighted by Gasteiger charge is 2.59. The third-order valence-electron chi connectivity index (χ3n) is 9.21. The van der Waals surface area contributed by atoms with E-state index >= 15 is 0 Å². The number of amides is 1. The summed E-state index contributed by atoms with van der Waals surface area (Å²) in [5.74, 6) is -9.70. The van der Waals surface area contributed by atoms with E-state index in [9.17, 15) is 36.9 Å². The lowest BCUT2D eigenvalue weighted by atomic mass is 9.46. The van der Waals surface area contributed by atoms with Crippen molar-refractivity contribution in [2.75, 3.05) is 5.32 Å². The minimum Gasteiger partial charge on any atom is -0.323 e. The number of nitro groups is 1. The van der Waals surface area contributed by atoms with Crippen LogP contribution >= 0.6 is 0 Å². The molecule has 218 valence electrons. The van der Waals surface area contributed by atoms with Crippen LogP contribution in [0.3, 0.4) is 0 Å². The lowest BCUT2D eigenvalue weighted by molar-refractivity contribution is -0.385. The number of carbonyl (C=O) groups excluding carboxylic acids is 1. The van der Waals surface area contributed by atoms with E-state index in [0.29, 0.717) is 35.3 Å². The van der Waals surface area contributed by atoms with E-state index in [1.807, 2.05) is 0 Å². The molecule has 0 radical (unpaired) electrons. The third-order valence-corrected chi connectivity index (χ3v) is 9.21. The average Bonchev–Trinajstić information content (AvgIpc) is 3.50. The van der Waals surface area contributed by atoms with Gasteiger partial charge in [-0.2, -0.15) is 10.2 Å². The van der Waals surface area contributed by atoms with E-state index in [1.165, 1.54) is 19.3 Å². The van der Waals surface area contributed by atoms with E-state index in [-0.39, 0.29) is 29.0 Å². The Kier molecular flexibility index (Phi) is 6.23. The van der Waals surface area contributed by atoms with Crippen molar-refractivity contribution >= 4 is 17.3 Å². The van der Waals surface area contributed by atoms with Crippen LogP contribution in [0.2, 0.25) is 0 Å². The van der Waals surface area contributed by atoms with Crippen molar-refractivity contribution in [2.45, 2.75) is 70.9 Å². The fourth-order valence-electron chi connectivity index (χ4n) is 8.04. The second-order valence-electron chi connectivity index (χ2n) is 12.1. The number of anilines is 1. The average molecular weight is 579 g/mol. The zero-order valence-electron chi connectivity index (χ0n) is 22.3. The Balaban J connectivity index is 1.22. The number of aromatic nitrogens is 4. The largest absolute Gasteiger partial charge is 0.323 e. The van der Waals surface area contributed by atoms with Crippen molar-refractivity contribution in [3.8, 4) is 0 Å². The van der Waals surface area contributed by atoms with E-state index in [0.717, 1.165) is 36.8 Å². The van der Waals surface area contributed by atoms with Crippen molar-refractivity contribution in [2.24, 2.45) is 17.3 Å². The van der Waals surface area contributed by atoms with Gasteiger partial charge in [0.15, 0.2) is 23.3 Å². The number of hydrogen-bond acceptors (Lipinski definition) is 5. The molecule has 4 aliphatic carbocycles. The Morgan fingerprint density at radius 3 is 2.24 bits per heavy atom. The molecule has 4 aliphatic rings. The predicted molar refractivity (Wildman–Crippen MR) is 134 cm³/mol. The molecular weight excluding hydrogens is 551 g/mol. The Labute approximate surface area is 230 Å². The summed E-state index contributed by atoms with van der Waals surface area (Å²) in [5.41, 5.74) is -0.869. The van der Waals surface area contributed by atoms with Gasteiger partial charge < -0.3 is 5.32 Å². The van der Waals surface area contributed by atoms with Gasteiger partial charge in [-0.25, -0.2) is 22.0 Å². The summed E-state index contributed by atoms with van der Waals surface area (Å²) in [5, 5.41) is 22.6. The first-order valence-electron chi connectivity index (χ1n) is 13.4. The topological polar surface area (TPSA) is 108 Å². The van der Waals surface area contributed by atoms with Crippen LogP contribution in [0, 0.1) is 70.3 Å². The standard InChI is InChI=1S/C27H27F5N6O3/c1-13-25(14(2)36(35-13)11-18-20(28)22(30)24(32)23(31)21(18)29)34-19(39)8-26-4-15-3-16(5-26)7-27(6-15,12-26)37-10-17(9-33-37)38(40)41/h9-10,15-16H,3-8,11-12H2,1-2H3,(H,34,39). The minimum absolute atomic E-state index is 0.0682. The highest BCUT2D eigenvalue weighted by atomic mass is 19.2. The van der Waals surface area contributed by atoms with Crippen LogP contribution < -0.4 is 5.32 Å². The van der Waals surface area contributed by atoms with Gasteiger partial charge in [0.1, 0.15) is 12.4 Å². The SMILES string of the molecule is Cc1nn(Cc2c(F)c(F)c(F)c(F)c2F)c(C)c1NC(=O)CC12CC3CC(C1)CC(n1cc([N+](=O)[O-])cn1)(C3)C2. The molecule has 1 aromatic carbocycles. The maximum atomic E-state index is 14.3. The number of nitrogens with one attached hydrogen (secondary N) is 1. The zero-order valence-corrected chi connectivity index (χ0v) is 22.3. The van der Waals surface area contributed by atoms with Crippen LogP contribution in [0.1, 0.15) is 61.9 Å². The Bertz CT molecular complexity index is 1560. The molecule has 14 heteroatoms. The van der Waals surface area contributed by atoms with Gasteiger partial charge in [-0.15, -0.1) is 0 Å². The normalized spacial score (nSPS) is 26.5. The van der Waals surface area contributed by atoms with Gasteiger partial charge in [-0.1, -0.05) is 0 Å². The summed E-state index contributed by atoms with van der Waals surface area (Å²) in [7, 11) is 0. The number of benzene rings is 1. The lowest BCUT2D eigenvalue weighted by Gasteiger charge is -2.61. The van der Waals surface area contributed by atoms with Crippen molar-refractivity contribution in [1.29, 1.82) is 0 Å². The summed E-state index contributed by atoms with van der Waals surface area (Å²) in [4.78, 5) is 24.2. The molecule has 9 nitrogen and oxygen atoms in total. The lowest BCUT2D eigenvalue weighted by Crippen LogP contribution is -2.57. The molecule has 1 amide bonds. The van der Waals surface area contributed by atoms with Gasteiger partial charge in [-0.05, 0) is 69.6 Å². The fraction of sp³-hybridized carbons (Fsp3) is 0.519. The quantitative estimate of drug-likeness (QED) is 0.128. The molecule has 0 aliphatic heterocycles. The smallest absolute Gasteiger partial charge is 0.307 e. The van der Waals surface area contributed by atoms with E-state index in [1.54, 1.807) is 11.6 Å². The molecule has 2 unspecified atom stereocenters. The van der Waals surface area contributed by atoms with Crippen LogP contribution in [0.15, 0.2) is 12.4 Å². The van der Waals surface area contributed by atoms with Gasteiger partial charge in [-0.3, -0.25) is 24.3 Å². The van der Waals surface area contributed by atoms with Gasteiger partial charge in [0.05, 0.1) is 39.6 Å². The number of rotatable bonds is 7. The number of aryl methyl sites for hydroxylation is 1. The van der Waals surface area contributed by atoms with Crippen molar-refractivity contribution in [1.82, 2.24) is 19.6 Å². The molecule has 1 N–H and O–H groups in total. The van der Waals surface area contributed by atoms with Gasteiger partial charge in [0.2, 0.25) is 11.7 Å². The first-order valence-corrected chi connectivity index (χ1v) is 13.4. The third kappa shape index (κ3) is 4.38. The molecule has 2 atom stereocenters. The van der Waals surface area contributed by atoms with Crippen LogP contribution in [-0.2, 0) is 16.9 Å². The first-order chi connectivity index (χ1) is 19.3. The number of hydrogen-bond donors (Lipinski definition) is 1. The van der Waals surface area contributed by atoms with Crippen molar-refractivity contribution in [3.05, 3.63) is 68.5 Å². The molecule has 4 bridgehead atoms. The van der Waals surface area contributed by atoms with Gasteiger partial charge in [0, 0.05) is 6.42 Å². The van der Waals surface area contributed by atoms with Gasteiger partial charge >= 0.3 is 5.69 Å². The van der Waals surface area contributed by atoms with Crippen LogP contribution in [-0.4, -0.2) is 30.4 Å². The second kappa shape index (κ2) is 9.35. The summed E-state index contributed by atoms with van der Waals surface area (Å²) in [6.07, 6.45) is 8.09. The Morgan fingerprint density at radius 2 is 1.66 bits per heavy atom. The molecule has 4 fully saturated rings. The number of halogens is 5. The molecule has 3 aromatic rings. The van der Waals surface area contributed by atoms with Crippen LogP contribution in [0.25, 0.3) is 0 Å². The van der Waals surface area contributed by atoms with E-state index < -0.39 is 46.1 Å². The maximum Gasteiger partial charge on any atom is 0.307 e. The molecule has 7 rings (SSSR count). The second-order valence-corrected chi connectivity index (χ2v) is 12.1. The summed E-state index contributed by atoms with van der Waals surface area (Å²) < 4.78 is 72.2. The summed E-state index contributed by atoms with van der Waals surface area (Å²) in [6.45, 7) is 2.38. The van der Waals surface area contributed by atoms with Crippen molar-refractivity contribution < 1.29 is 31.7 Å². The zero-order chi connectivity index (χ0) is 29.4. The molecule has 0 spiro atoms. The minimum atomic E-state index is -2.23. The number of nitrogens with zero attached hydrogens (tertiary/aromatic N) is 5. The molecule has 4 saturated carbocycles. The van der Waals surface area contributed by atoms with Gasteiger partial charge in [0.25, 0.3) is 0 Å². The highest BCUT2D eigenvalue weighted by Crippen LogP contribution is 2.65. The predicted octanol–water partition coefficient (Wildman–Crippen LogP) is 5.67. The monoisotopic (exact) mass is 578 g/mol. The number of carbonyl (C=O) groups is 1. The van der Waals surface area contributed by atoms with Crippen LogP contribution in [0.5, 0.6) is 0 Å². The van der Waals surface area contributed by atoms with Crippen molar-refractivity contribution in [3.63, 3.8) is 0 Å². The summed E-state index contributed by atoms with van der Waals surface area (Å²) in [6, 6.07) is 0. The molecule has 2 heterocycles. The van der Waals surface area contributed by atoms with E-state index in [4.69, 9.17) is 0 Å². The molecule has 2 aromatic heterocycles. The molecular formula is C27H27F5N6O3. The highest BCUT2D eigenvalue weighted by molar-refractivity contribution is 5.92. The summed E-state index contributed by atoms with van der Waals surface area (Å²) >= 11 is 0. The fourth-order valence-corrected chi connectivity index (χ4v) is 8.04. The first kappa shape index (κ1) is 27.3. The molecule has 0 saturated heterocycles. The Hall–Kier alpha value is -3.84. The van der Waals surface area contributed by atoms with Crippen LogP contribution in [0.4, 0.5) is 33.3 Å².